The molecular formula is C13H16F3NO. The van der Waals surface area contributed by atoms with Gasteiger partial charge in [-0.25, -0.2) is 0 Å². The van der Waals surface area contributed by atoms with Gasteiger partial charge in [-0.15, -0.1) is 0 Å². The third kappa shape index (κ3) is 4.14. The molecule has 0 aromatic heterocycles. The van der Waals surface area contributed by atoms with E-state index in [0.29, 0.717) is 11.8 Å². The number of hydrogen-bond donors (Lipinski definition) is 0. The van der Waals surface area contributed by atoms with Crippen molar-refractivity contribution in [1.29, 1.82) is 0 Å². The molecule has 2 nitrogen and oxygen atoms in total. The highest BCUT2D eigenvalue weighted by Gasteiger charge is 2.33. The second-order valence-corrected chi connectivity index (χ2v) is 4.69. The van der Waals surface area contributed by atoms with Gasteiger partial charge in [0.25, 0.3) is 0 Å². The molecule has 0 bridgehead atoms. The quantitative estimate of drug-likeness (QED) is 0.758. The van der Waals surface area contributed by atoms with E-state index in [1.165, 1.54) is 7.05 Å². The molecule has 100 valence electrons. The van der Waals surface area contributed by atoms with E-state index in [-0.39, 0.29) is 6.54 Å². The molecule has 1 unspecified atom stereocenters. The first-order chi connectivity index (χ1) is 8.27. The van der Waals surface area contributed by atoms with Gasteiger partial charge in [-0.1, -0.05) is 30.3 Å². The van der Waals surface area contributed by atoms with Crippen molar-refractivity contribution in [2.24, 2.45) is 0 Å². The summed E-state index contributed by atoms with van der Waals surface area (Å²) in [4.78, 5) is 12.3. The molecule has 0 N–H and O–H groups in total. The van der Waals surface area contributed by atoms with Crippen LogP contribution in [-0.2, 0) is 10.2 Å². The van der Waals surface area contributed by atoms with Crippen molar-refractivity contribution in [2.75, 3.05) is 20.1 Å². The van der Waals surface area contributed by atoms with Crippen LogP contribution < -0.4 is 0 Å². The molecule has 1 aromatic carbocycles. The Balaban J connectivity index is 2.81. The fourth-order valence-corrected chi connectivity index (χ4v) is 1.94. The van der Waals surface area contributed by atoms with E-state index in [0.717, 1.165) is 4.90 Å². The molecule has 18 heavy (non-hydrogen) atoms. The fraction of sp³-hybridized carbons (Fsp3) is 0.462. The lowest BCUT2D eigenvalue weighted by molar-refractivity contribution is -0.145. The zero-order valence-corrected chi connectivity index (χ0v) is 10.4. The minimum atomic E-state index is -4.25. The lowest BCUT2D eigenvalue weighted by Crippen LogP contribution is -2.42. The number of halogens is 3. The number of nitrogens with zero attached hydrogens (tertiary/aromatic N) is 1. The Labute approximate surface area is 104 Å². The van der Waals surface area contributed by atoms with E-state index in [9.17, 15) is 18.0 Å². The molecule has 0 heterocycles. The van der Waals surface area contributed by atoms with Crippen LogP contribution in [0, 0.1) is 0 Å². The molecule has 0 fully saturated rings. The van der Waals surface area contributed by atoms with Gasteiger partial charge < -0.3 is 4.79 Å². The summed E-state index contributed by atoms with van der Waals surface area (Å²) in [7, 11) is 1.36. The molecule has 0 saturated carbocycles. The zero-order chi connectivity index (χ0) is 13.8. The Morgan fingerprint density at radius 3 is 2.17 bits per heavy atom. The van der Waals surface area contributed by atoms with Crippen molar-refractivity contribution in [2.45, 2.75) is 18.5 Å². The summed E-state index contributed by atoms with van der Waals surface area (Å²) in [5.74, 6) is 0. The molecule has 1 rings (SSSR count). The molecule has 0 aliphatic carbocycles. The van der Waals surface area contributed by atoms with Gasteiger partial charge >= 0.3 is 6.18 Å². The highest BCUT2D eigenvalue weighted by Crippen LogP contribution is 2.24. The highest BCUT2D eigenvalue weighted by molar-refractivity contribution is 5.68. The Kier molecular flexibility index (Phi) is 4.51. The van der Waals surface area contributed by atoms with Gasteiger partial charge in [-0.05, 0) is 19.5 Å². The summed E-state index contributed by atoms with van der Waals surface area (Å²) in [6.07, 6.45) is -3.55. The standard InChI is InChI=1S/C13H16F3NO/c1-12(10-18,11-6-4-3-5-7-11)8-17(2)9-13(14,15)16/h3-7,10H,8-9H2,1-2H3. The summed E-state index contributed by atoms with van der Waals surface area (Å²) >= 11 is 0. The number of likely N-dealkylation sites (N-methyl/N-ethyl adjacent to an activating group) is 1. The predicted molar refractivity (Wildman–Crippen MR) is 63.4 cm³/mol. The number of alkyl halides is 3. The maximum Gasteiger partial charge on any atom is 0.401 e. The fourth-order valence-electron chi connectivity index (χ4n) is 1.94. The summed E-state index contributed by atoms with van der Waals surface area (Å²) in [6, 6.07) is 8.82. The van der Waals surface area contributed by atoms with Crippen LogP contribution in [0.1, 0.15) is 12.5 Å². The minimum absolute atomic E-state index is 0.0278. The van der Waals surface area contributed by atoms with Crippen molar-refractivity contribution >= 4 is 6.29 Å². The summed E-state index contributed by atoms with van der Waals surface area (Å²) < 4.78 is 36.8. The van der Waals surface area contributed by atoms with E-state index < -0.39 is 18.1 Å². The van der Waals surface area contributed by atoms with Crippen LogP contribution in [0.4, 0.5) is 13.2 Å². The SMILES string of the molecule is CN(CC(F)(F)F)CC(C)(C=O)c1ccccc1. The van der Waals surface area contributed by atoms with Crippen molar-refractivity contribution in [3.63, 3.8) is 0 Å². The van der Waals surface area contributed by atoms with E-state index in [4.69, 9.17) is 0 Å². The molecule has 1 aromatic rings. The first kappa shape index (κ1) is 14.7. The normalized spacial score (nSPS) is 15.4. The van der Waals surface area contributed by atoms with Gasteiger partial charge in [0, 0.05) is 6.54 Å². The van der Waals surface area contributed by atoms with Crippen LogP contribution in [-0.4, -0.2) is 37.5 Å². The molecular weight excluding hydrogens is 243 g/mol. The predicted octanol–water partition coefficient (Wildman–Crippen LogP) is 2.64. The topological polar surface area (TPSA) is 20.3 Å². The maximum atomic E-state index is 12.3. The number of hydrogen-bond acceptors (Lipinski definition) is 2. The Morgan fingerprint density at radius 2 is 1.72 bits per heavy atom. The Hall–Kier alpha value is -1.36. The Morgan fingerprint density at radius 1 is 1.17 bits per heavy atom. The molecule has 0 radical (unpaired) electrons. The third-order valence-electron chi connectivity index (χ3n) is 2.74. The largest absolute Gasteiger partial charge is 0.401 e. The first-order valence-electron chi connectivity index (χ1n) is 5.54. The summed E-state index contributed by atoms with van der Waals surface area (Å²) in [5, 5.41) is 0. The van der Waals surface area contributed by atoms with E-state index in [2.05, 4.69) is 0 Å². The second-order valence-electron chi connectivity index (χ2n) is 4.69. The van der Waals surface area contributed by atoms with E-state index >= 15 is 0 Å². The average Bonchev–Trinajstić information content (AvgIpc) is 2.27. The monoisotopic (exact) mass is 259 g/mol. The van der Waals surface area contributed by atoms with Gasteiger partial charge in [-0.2, -0.15) is 13.2 Å². The first-order valence-corrected chi connectivity index (χ1v) is 5.54. The number of carbonyl (C=O) groups excluding carboxylic acids is 1. The lowest BCUT2D eigenvalue weighted by atomic mass is 9.83. The Bertz CT molecular complexity index is 391. The smallest absolute Gasteiger partial charge is 0.302 e. The maximum absolute atomic E-state index is 12.3. The average molecular weight is 259 g/mol. The van der Waals surface area contributed by atoms with Crippen molar-refractivity contribution in [1.82, 2.24) is 4.90 Å². The van der Waals surface area contributed by atoms with Crippen LogP contribution in [0.3, 0.4) is 0 Å². The van der Waals surface area contributed by atoms with Gasteiger partial charge in [0.1, 0.15) is 6.29 Å². The number of benzene rings is 1. The third-order valence-corrected chi connectivity index (χ3v) is 2.74. The zero-order valence-electron chi connectivity index (χ0n) is 10.4. The van der Waals surface area contributed by atoms with Gasteiger partial charge in [0.15, 0.2) is 0 Å². The molecule has 0 aliphatic rings. The van der Waals surface area contributed by atoms with Crippen LogP contribution in [0.2, 0.25) is 0 Å². The molecule has 1 atom stereocenters. The number of aldehydes is 1. The summed E-state index contributed by atoms with van der Waals surface area (Å²) in [6.45, 7) is 0.644. The van der Waals surface area contributed by atoms with Crippen LogP contribution >= 0.6 is 0 Å². The minimum Gasteiger partial charge on any atom is -0.302 e. The van der Waals surface area contributed by atoms with Crippen molar-refractivity contribution in [3.8, 4) is 0 Å². The highest BCUT2D eigenvalue weighted by atomic mass is 19.4. The van der Waals surface area contributed by atoms with E-state index in [1.807, 2.05) is 0 Å². The van der Waals surface area contributed by atoms with Gasteiger partial charge in [0.05, 0.1) is 12.0 Å². The molecule has 0 amide bonds. The molecule has 0 saturated heterocycles. The number of rotatable bonds is 5. The lowest BCUT2D eigenvalue weighted by Gasteiger charge is -2.29. The van der Waals surface area contributed by atoms with Crippen LogP contribution in [0.25, 0.3) is 0 Å². The molecule has 0 aliphatic heterocycles. The van der Waals surface area contributed by atoms with Crippen LogP contribution in [0.15, 0.2) is 30.3 Å². The van der Waals surface area contributed by atoms with Crippen LogP contribution in [0.5, 0.6) is 0 Å². The number of carbonyl (C=O) groups is 1. The summed E-state index contributed by atoms with van der Waals surface area (Å²) in [5.41, 5.74) is -0.213. The second kappa shape index (κ2) is 5.52. The van der Waals surface area contributed by atoms with Gasteiger partial charge in [-0.3, -0.25) is 4.90 Å². The van der Waals surface area contributed by atoms with Crippen molar-refractivity contribution < 1.29 is 18.0 Å². The van der Waals surface area contributed by atoms with E-state index in [1.54, 1.807) is 37.3 Å². The van der Waals surface area contributed by atoms with Crippen molar-refractivity contribution in [3.05, 3.63) is 35.9 Å². The van der Waals surface area contributed by atoms with Gasteiger partial charge in [0.2, 0.25) is 0 Å². The molecule has 5 heteroatoms. The molecule has 0 spiro atoms.